The molecule has 0 radical (unpaired) electrons. The Bertz CT molecular complexity index is 302. The first-order chi connectivity index (χ1) is 8.79. The summed E-state index contributed by atoms with van der Waals surface area (Å²) in [5.74, 6) is -0.0710. The number of hydrogen-bond acceptors (Lipinski definition) is 2. The zero-order chi connectivity index (χ0) is 13.2. The van der Waals surface area contributed by atoms with Gasteiger partial charge in [-0.15, -0.1) is 6.58 Å². The fourth-order valence-corrected chi connectivity index (χ4v) is 2.51. The van der Waals surface area contributed by atoms with Gasteiger partial charge in [-0.1, -0.05) is 18.1 Å². The average molecular weight is 250 g/mol. The molecular formula is C16H26O2. The Morgan fingerprint density at radius 1 is 1.28 bits per heavy atom. The zero-order valence-corrected chi connectivity index (χ0v) is 11.7. The van der Waals surface area contributed by atoms with Crippen LogP contribution in [0.4, 0.5) is 0 Å². The normalized spacial score (nSPS) is 15.6. The lowest BCUT2D eigenvalue weighted by Gasteiger charge is -2.19. The summed E-state index contributed by atoms with van der Waals surface area (Å²) in [6.45, 7) is 6.09. The lowest BCUT2D eigenvalue weighted by Crippen LogP contribution is -2.13. The maximum Gasteiger partial charge on any atom is 0.333 e. The van der Waals surface area contributed by atoms with Crippen molar-refractivity contribution in [2.75, 3.05) is 6.61 Å². The van der Waals surface area contributed by atoms with Crippen LogP contribution >= 0.6 is 0 Å². The minimum absolute atomic E-state index is 0.0710. The number of hydrogen-bond donors (Lipinski definition) is 0. The van der Waals surface area contributed by atoms with Gasteiger partial charge in [-0.2, -0.15) is 0 Å². The molecule has 0 bridgehead atoms. The summed E-state index contributed by atoms with van der Waals surface area (Å²) in [5, 5.41) is 0. The summed E-state index contributed by atoms with van der Waals surface area (Å²) >= 11 is 0. The molecule has 2 heteroatoms. The average Bonchev–Trinajstić information content (AvgIpc) is 2.39. The summed E-state index contributed by atoms with van der Waals surface area (Å²) < 4.78 is 5.15. The van der Waals surface area contributed by atoms with Crippen molar-refractivity contribution in [1.82, 2.24) is 0 Å². The summed E-state index contributed by atoms with van der Waals surface area (Å²) in [6.07, 6.45) is 12.2. The Kier molecular flexibility index (Phi) is 7.47. The molecule has 0 atom stereocenters. The van der Waals surface area contributed by atoms with Crippen LogP contribution < -0.4 is 0 Å². The minimum atomic E-state index is -0.0710. The van der Waals surface area contributed by atoms with Crippen molar-refractivity contribution in [3.05, 3.63) is 23.8 Å². The van der Waals surface area contributed by atoms with Crippen molar-refractivity contribution in [3.63, 3.8) is 0 Å². The number of ether oxygens (including phenoxy) is 1. The van der Waals surface area contributed by atoms with Gasteiger partial charge in [-0.25, -0.2) is 4.79 Å². The van der Waals surface area contributed by atoms with E-state index >= 15 is 0 Å². The maximum absolute atomic E-state index is 11.9. The maximum atomic E-state index is 11.9. The zero-order valence-electron chi connectivity index (χ0n) is 11.7. The van der Waals surface area contributed by atoms with Crippen LogP contribution in [0.3, 0.4) is 0 Å². The van der Waals surface area contributed by atoms with E-state index in [1.807, 2.05) is 13.0 Å². The van der Waals surface area contributed by atoms with E-state index in [1.165, 1.54) is 31.3 Å². The Morgan fingerprint density at radius 2 is 2.06 bits per heavy atom. The SMILES string of the molecule is C=CCCCCCC1=C(C(=O)OCC)CCCC1. The highest BCUT2D eigenvalue weighted by atomic mass is 16.5. The number of carbonyl (C=O) groups is 1. The summed E-state index contributed by atoms with van der Waals surface area (Å²) in [5.41, 5.74) is 2.34. The third-order valence-electron chi connectivity index (χ3n) is 3.49. The van der Waals surface area contributed by atoms with Gasteiger partial charge in [0.2, 0.25) is 0 Å². The number of rotatable bonds is 8. The molecule has 0 fully saturated rings. The first-order valence-electron chi connectivity index (χ1n) is 7.28. The van der Waals surface area contributed by atoms with Gasteiger partial charge in [0.05, 0.1) is 6.61 Å². The standard InChI is InChI=1S/C16H26O2/c1-3-5-6-7-8-11-14-12-9-10-13-15(14)16(17)18-4-2/h3H,1,4-13H2,2H3. The van der Waals surface area contributed by atoms with Crippen molar-refractivity contribution in [1.29, 1.82) is 0 Å². The van der Waals surface area contributed by atoms with Gasteiger partial charge >= 0.3 is 5.97 Å². The second-order valence-electron chi connectivity index (χ2n) is 4.90. The summed E-state index contributed by atoms with van der Waals surface area (Å²) in [4.78, 5) is 11.9. The molecule has 102 valence electrons. The first-order valence-corrected chi connectivity index (χ1v) is 7.28. The fourth-order valence-electron chi connectivity index (χ4n) is 2.51. The van der Waals surface area contributed by atoms with Gasteiger partial charge in [0.1, 0.15) is 0 Å². The third kappa shape index (κ3) is 5.07. The van der Waals surface area contributed by atoms with Crippen molar-refractivity contribution in [2.24, 2.45) is 0 Å². The quantitative estimate of drug-likeness (QED) is 0.359. The summed E-state index contributed by atoms with van der Waals surface area (Å²) in [7, 11) is 0. The van der Waals surface area contributed by atoms with Crippen molar-refractivity contribution in [3.8, 4) is 0 Å². The molecule has 0 N–H and O–H groups in total. The van der Waals surface area contributed by atoms with Gasteiger partial charge in [0.15, 0.2) is 0 Å². The van der Waals surface area contributed by atoms with Crippen LogP contribution in [0.5, 0.6) is 0 Å². The second kappa shape index (κ2) is 8.96. The predicted molar refractivity (Wildman–Crippen MR) is 75.4 cm³/mol. The molecule has 0 aromatic carbocycles. The van der Waals surface area contributed by atoms with Gasteiger partial charge < -0.3 is 4.74 Å². The molecule has 0 unspecified atom stereocenters. The van der Waals surface area contributed by atoms with Crippen LogP contribution in [0.2, 0.25) is 0 Å². The molecule has 1 aliphatic rings. The topological polar surface area (TPSA) is 26.3 Å². The molecule has 0 aromatic heterocycles. The number of esters is 1. The molecule has 0 heterocycles. The van der Waals surface area contributed by atoms with E-state index in [4.69, 9.17) is 4.74 Å². The van der Waals surface area contributed by atoms with Crippen LogP contribution in [0.15, 0.2) is 23.8 Å². The van der Waals surface area contributed by atoms with Gasteiger partial charge in [0.25, 0.3) is 0 Å². The molecule has 0 amide bonds. The van der Waals surface area contributed by atoms with Crippen molar-refractivity contribution >= 4 is 5.97 Å². The van der Waals surface area contributed by atoms with E-state index < -0.39 is 0 Å². The molecule has 2 nitrogen and oxygen atoms in total. The summed E-state index contributed by atoms with van der Waals surface area (Å²) in [6, 6.07) is 0. The first kappa shape index (κ1) is 15.0. The van der Waals surface area contributed by atoms with Gasteiger partial charge in [-0.05, 0) is 58.3 Å². The number of allylic oxidation sites excluding steroid dienone is 2. The number of carbonyl (C=O) groups excluding carboxylic acids is 1. The number of unbranched alkanes of at least 4 members (excludes halogenated alkanes) is 3. The van der Waals surface area contributed by atoms with E-state index in [0.29, 0.717) is 6.61 Å². The lowest BCUT2D eigenvalue weighted by molar-refractivity contribution is -0.138. The minimum Gasteiger partial charge on any atom is -0.463 e. The predicted octanol–water partition coefficient (Wildman–Crippen LogP) is 4.56. The molecule has 0 aliphatic heterocycles. The molecule has 0 saturated heterocycles. The van der Waals surface area contributed by atoms with Gasteiger partial charge in [0, 0.05) is 5.57 Å². The molecule has 1 aliphatic carbocycles. The van der Waals surface area contributed by atoms with Crippen LogP contribution in [-0.4, -0.2) is 12.6 Å². The highest BCUT2D eigenvalue weighted by Gasteiger charge is 2.19. The molecule has 0 aromatic rings. The largest absolute Gasteiger partial charge is 0.463 e. The van der Waals surface area contributed by atoms with Crippen LogP contribution in [0.1, 0.15) is 64.7 Å². The lowest BCUT2D eigenvalue weighted by atomic mass is 9.88. The molecule has 18 heavy (non-hydrogen) atoms. The van der Waals surface area contributed by atoms with Crippen molar-refractivity contribution in [2.45, 2.75) is 64.7 Å². The Hall–Kier alpha value is -1.05. The van der Waals surface area contributed by atoms with Gasteiger partial charge in [-0.3, -0.25) is 0 Å². The van der Waals surface area contributed by atoms with E-state index in [9.17, 15) is 4.79 Å². The monoisotopic (exact) mass is 250 g/mol. The van der Waals surface area contributed by atoms with Crippen LogP contribution in [0.25, 0.3) is 0 Å². The van der Waals surface area contributed by atoms with E-state index in [-0.39, 0.29) is 5.97 Å². The van der Waals surface area contributed by atoms with Crippen molar-refractivity contribution < 1.29 is 9.53 Å². The van der Waals surface area contributed by atoms with Crippen LogP contribution in [0, 0.1) is 0 Å². The second-order valence-corrected chi connectivity index (χ2v) is 4.90. The molecule has 0 saturated carbocycles. The Balaban J connectivity index is 2.45. The van der Waals surface area contributed by atoms with E-state index in [0.717, 1.165) is 37.7 Å². The molecule has 0 spiro atoms. The van der Waals surface area contributed by atoms with E-state index in [2.05, 4.69) is 6.58 Å². The Labute approximate surface area is 111 Å². The van der Waals surface area contributed by atoms with Crippen LogP contribution in [-0.2, 0) is 9.53 Å². The third-order valence-corrected chi connectivity index (χ3v) is 3.49. The Morgan fingerprint density at radius 3 is 2.78 bits per heavy atom. The smallest absolute Gasteiger partial charge is 0.333 e. The fraction of sp³-hybridized carbons (Fsp3) is 0.688. The molecule has 1 rings (SSSR count). The highest BCUT2D eigenvalue weighted by molar-refractivity contribution is 5.89. The van der Waals surface area contributed by atoms with E-state index in [1.54, 1.807) is 0 Å². The molecular weight excluding hydrogens is 224 g/mol. The highest BCUT2D eigenvalue weighted by Crippen LogP contribution is 2.29.